The molecule has 2 aromatic carbocycles. The van der Waals surface area contributed by atoms with Gasteiger partial charge in [-0.3, -0.25) is 10.2 Å². The summed E-state index contributed by atoms with van der Waals surface area (Å²) in [6.07, 6.45) is 0. The highest BCUT2D eigenvalue weighted by Gasteiger charge is 2.18. The van der Waals surface area contributed by atoms with Crippen LogP contribution in [-0.2, 0) is 0 Å². The molecular weight excluding hydrogens is 358 g/mol. The summed E-state index contributed by atoms with van der Waals surface area (Å²) in [6, 6.07) is 16.7. The highest BCUT2D eigenvalue weighted by atomic mass is 16.5. The van der Waals surface area contributed by atoms with Crippen molar-refractivity contribution in [3.05, 3.63) is 65.9 Å². The Morgan fingerprint density at radius 3 is 2.18 bits per heavy atom. The second-order valence-corrected chi connectivity index (χ2v) is 5.90. The first-order chi connectivity index (χ1) is 13.6. The molecule has 5 N–H and O–H groups in total. The Labute approximate surface area is 162 Å². The van der Waals surface area contributed by atoms with Gasteiger partial charge in [-0.25, -0.2) is 15.8 Å². The van der Waals surface area contributed by atoms with Gasteiger partial charge in [-0.2, -0.15) is 0 Å². The summed E-state index contributed by atoms with van der Waals surface area (Å²) >= 11 is 0. The third-order valence-corrected chi connectivity index (χ3v) is 3.96. The highest BCUT2D eigenvalue weighted by Crippen LogP contribution is 2.26. The molecule has 28 heavy (non-hydrogen) atoms. The number of anilines is 1. The quantitative estimate of drug-likeness (QED) is 0.248. The summed E-state index contributed by atoms with van der Waals surface area (Å²) in [7, 11) is 0. The van der Waals surface area contributed by atoms with Crippen LogP contribution in [-0.4, -0.2) is 29.1 Å². The molecule has 0 saturated heterocycles. The number of carbonyl (C=O) groups excluding carboxylic acids is 1. The molecule has 3 rings (SSSR count). The predicted octanol–water partition coefficient (Wildman–Crippen LogP) is 2.10. The van der Waals surface area contributed by atoms with E-state index in [1.807, 2.05) is 30.3 Å². The Kier molecular flexibility index (Phi) is 6.03. The Balaban J connectivity index is 1.68. The zero-order valence-corrected chi connectivity index (χ0v) is 15.4. The SMILES string of the molecule is Cc1nc(N)nc(-c2ccc(OCCOc3ccccc3)cc2)c1C(=O)NN. The summed E-state index contributed by atoms with van der Waals surface area (Å²) in [5, 5.41) is 0. The molecule has 0 saturated carbocycles. The maximum Gasteiger partial charge on any atom is 0.269 e. The zero-order valence-electron chi connectivity index (χ0n) is 15.4. The minimum Gasteiger partial charge on any atom is -0.490 e. The summed E-state index contributed by atoms with van der Waals surface area (Å²) < 4.78 is 11.3. The van der Waals surface area contributed by atoms with Crippen LogP contribution in [0.2, 0.25) is 0 Å². The molecule has 0 unspecified atom stereocenters. The van der Waals surface area contributed by atoms with Crippen LogP contribution < -0.4 is 26.5 Å². The van der Waals surface area contributed by atoms with E-state index >= 15 is 0 Å². The van der Waals surface area contributed by atoms with Crippen molar-refractivity contribution < 1.29 is 14.3 Å². The van der Waals surface area contributed by atoms with Gasteiger partial charge in [0.25, 0.3) is 5.91 Å². The molecule has 3 aromatic rings. The lowest BCUT2D eigenvalue weighted by Gasteiger charge is -2.12. The minimum absolute atomic E-state index is 0.0828. The van der Waals surface area contributed by atoms with Gasteiger partial charge in [-0.05, 0) is 43.3 Å². The average Bonchev–Trinajstić information content (AvgIpc) is 2.71. The highest BCUT2D eigenvalue weighted by molar-refractivity contribution is 6.00. The third-order valence-electron chi connectivity index (χ3n) is 3.96. The number of hydrogen-bond donors (Lipinski definition) is 3. The molecule has 0 spiro atoms. The first kappa shape index (κ1) is 19.1. The number of nitrogens with one attached hydrogen (secondary N) is 1. The van der Waals surface area contributed by atoms with Crippen LogP contribution in [0, 0.1) is 6.92 Å². The normalized spacial score (nSPS) is 10.4. The molecule has 0 radical (unpaired) electrons. The van der Waals surface area contributed by atoms with E-state index in [4.69, 9.17) is 21.1 Å². The Hall–Kier alpha value is -3.65. The summed E-state index contributed by atoms with van der Waals surface area (Å²) in [6.45, 7) is 2.50. The first-order valence-electron chi connectivity index (χ1n) is 8.64. The number of nitrogens with zero attached hydrogens (tertiary/aromatic N) is 2. The molecule has 1 aromatic heterocycles. The van der Waals surface area contributed by atoms with Gasteiger partial charge in [0.1, 0.15) is 24.7 Å². The number of nitrogens with two attached hydrogens (primary N) is 2. The number of aryl methyl sites for hydroxylation is 1. The van der Waals surface area contributed by atoms with E-state index in [2.05, 4.69) is 15.4 Å². The number of amides is 1. The van der Waals surface area contributed by atoms with Gasteiger partial charge in [-0.1, -0.05) is 18.2 Å². The molecule has 144 valence electrons. The molecule has 0 bridgehead atoms. The maximum absolute atomic E-state index is 12.1. The minimum atomic E-state index is -0.481. The number of carbonyl (C=O) groups is 1. The number of nitrogen functional groups attached to an aromatic ring is 2. The number of aromatic nitrogens is 2. The van der Waals surface area contributed by atoms with Crippen LogP contribution in [0.5, 0.6) is 11.5 Å². The Morgan fingerprint density at radius 2 is 1.57 bits per heavy atom. The Bertz CT molecular complexity index is 946. The van der Waals surface area contributed by atoms with E-state index in [-0.39, 0.29) is 11.5 Å². The smallest absolute Gasteiger partial charge is 0.269 e. The van der Waals surface area contributed by atoms with Crippen molar-refractivity contribution >= 4 is 11.9 Å². The van der Waals surface area contributed by atoms with E-state index in [0.717, 1.165) is 5.75 Å². The molecule has 8 heteroatoms. The van der Waals surface area contributed by atoms with Gasteiger partial charge < -0.3 is 15.2 Å². The van der Waals surface area contributed by atoms with Crippen LogP contribution in [0.3, 0.4) is 0 Å². The molecule has 0 aliphatic heterocycles. The lowest BCUT2D eigenvalue weighted by atomic mass is 10.0. The van der Waals surface area contributed by atoms with Gasteiger partial charge >= 0.3 is 0 Å². The van der Waals surface area contributed by atoms with Crippen molar-refractivity contribution in [3.63, 3.8) is 0 Å². The molecular formula is C20H21N5O3. The third kappa shape index (κ3) is 4.54. The summed E-state index contributed by atoms with van der Waals surface area (Å²) in [5.41, 5.74) is 9.69. The molecule has 0 atom stereocenters. The molecule has 8 nitrogen and oxygen atoms in total. The molecule has 1 heterocycles. The zero-order chi connectivity index (χ0) is 19.9. The van der Waals surface area contributed by atoms with Crippen molar-refractivity contribution in [2.24, 2.45) is 5.84 Å². The van der Waals surface area contributed by atoms with Gasteiger partial charge in [0.2, 0.25) is 5.95 Å². The van der Waals surface area contributed by atoms with Crippen molar-refractivity contribution in [1.29, 1.82) is 0 Å². The number of ether oxygens (including phenoxy) is 2. The van der Waals surface area contributed by atoms with Crippen LogP contribution in [0.25, 0.3) is 11.3 Å². The van der Waals surface area contributed by atoms with Crippen molar-refractivity contribution in [1.82, 2.24) is 15.4 Å². The van der Waals surface area contributed by atoms with Crippen LogP contribution >= 0.6 is 0 Å². The van der Waals surface area contributed by atoms with Gasteiger partial charge in [0, 0.05) is 5.56 Å². The Morgan fingerprint density at radius 1 is 0.964 bits per heavy atom. The van der Waals surface area contributed by atoms with Crippen molar-refractivity contribution in [2.45, 2.75) is 6.92 Å². The number of rotatable bonds is 7. The monoisotopic (exact) mass is 379 g/mol. The first-order valence-corrected chi connectivity index (χ1v) is 8.64. The van der Waals surface area contributed by atoms with Gasteiger partial charge in [0.05, 0.1) is 17.0 Å². The lowest BCUT2D eigenvalue weighted by molar-refractivity contribution is 0.0953. The fourth-order valence-electron chi connectivity index (χ4n) is 2.69. The second-order valence-electron chi connectivity index (χ2n) is 5.90. The van der Waals surface area contributed by atoms with E-state index in [1.165, 1.54) is 0 Å². The average molecular weight is 379 g/mol. The number of benzene rings is 2. The molecule has 0 aliphatic carbocycles. The predicted molar refractivity (Wildman–Crippen MR) is 106 cm³/mol. The topological polar surface area (TPSA) is 125 Å². The van der Waals surface area contributed by atoms with Crippen LogP contribution in [0.4, 0.5) is 5.95 Å². The number of hydrazine groups is 1. The van der Waals surface area contributed by atoms with Crippen molar-refractivity contribution in [3.8, 4) is 22.8 Å². The van der Waals surface area contributed by atoms with E-state index in [0.29, 0.717) is 35.9 Å². The van der Waals surface area contributed by atoms with Gasteiger partial charge in [0.15, 0.2) is 0 Å². The van der Waals surface area contributed by atoms with E-state index in [1.54, 1.807) is 31.2 Å². The lowest BCUT2D eigenvalue weighted by Crippen LogP contribution is -2.31. The fourth-order valence-corrected chi connectivity index (χ4v) is 2.69. The summed E-state index contributed by atoms with van der Waals surface area (Å²) in [4.78, 5) is 20.3. The van der Waals surface area contributed by atoms with Crippen LogP contribution in [0.15, 0.2) is 54.6 Å². The second kappa shape index (κ2) is 8.83. The molecule has 0 fully saturated rings. The van der Waals surface area contributed by atoms with Crippen LogP contribution in [0.1, 0.15) is 16.1 Å². The number of hydrogen-bond acceptors (Lipinski definition) is 7. The molecule has 0 aliphatic rings. The standard InChI is InChI=1S/C20H21N5O3/c1-13-17(19(26)25-22)18(24-20(21)23-13)14-7-9-16(10-8-14)28-12-11-27-15-5-3-2-4-6-15/h2-10H,11-12,22H2,1H3,(H,25,26)(H2,21,23,24). The van der Waals surface area contributed by atoms with Crippen molar-refractivity contribution in [2.75, 3.05) is 18.9 Å². The number of para-hydroxylation sites is 1. The van der Waals surface area contributed by atoms with E-state index in [9.17, 15) is 4.79 Å². The van der Waals surface area contributed by atoms with Gasteiger partial charge in [-0.15, -0.1) is 0 Å². The summed E-state index contributed by atoms with van der Waals surface area (Å²) in [5.74, 6) is 6.34. The largest absolute Gasteiger partial charge is 0.490 e. The fraction of sp³-hybridized carbons (Fsp3) is 0.150. The molecule has 1 amide bonds. The van der Waals surface area contributed by atoms with E-state index < -0.39 is 5.91 Å². The maximum atomic E-state index is 12.1.